The number of hydrogen-bond donors (Lipinski definition) is 2. The number of halogens is 1. The van der Waals surface area contributed by atoms with E-state index in [-0.39, 0.29) is 6.54 Å². The van der Waals surface area contributed by atoms with Gasteiger partial charge < -0.3 is 5.32 Å². The van der Waals surface area contributed by atoms with Gasteiger partial charge in [-0.2, -0.15) is 0 Å². The molecular formula is C10H14FN3O4S. The molecule has 9 heteroatoms. The molecular weight excluding hydrogens is 277 g/mol. The van der Waals surface area contributed by atoms with Crippen molar-refractivity contribution in [3.05, 3.63) is 34.1 Å². The monoisotopic (exact) mass is 291 g/mol. The Morgan fingerprint density at radius 2 is 2.05 bits per heavy atom. The summed E-state index contributed by atoms with van der Waals surface area (Å²) < 4.78 is 38.9. The topological polar surface area (TPSA) is 101 Å². The normalized spacial score (nSPS) is 11.5. The van der Waals surface area contributed by atoms with Gasteiger partial charge in [0.25, 0.3) is 5.69 Å². The Morgan fingerprint density at radius 3 is 2.63 bits per heavy atom. The van der Waals surface area contributed by atoms with Gasteiger partial charge in [0.15, 0.2) is 4.90 Å². The van der Waals surface area contributed by atoms with Crippen LogP contribution in [0.3, 0.4) is 0 Å². The molecule has 1 aromatic carbocycles. The van der Waals surface area contributed by atoms with Crippen molar-refractivity contribution in [3.63, 3.8) is 0 Å². The first-order valence-electron chi connectivity index (χ1n) is 5.53. The second-order valence-electron chi connectivity index (χ2n) is 3.62. The summed E-state index contributed by atoms with van der Waals surface area (Å²) in [5, 5.41) is 13.6. The Bertz CT molecular complexity index is 562. The van der Waals surface area contributed by atoms with Crippen molar-refractivity contribution >= 4 is 15.7 Å². The largest absolute Gasteiger partial charge is 0.316 e. The maximum atomic E-state index is 12.9. The molecule has 19 heavy (non-hydrogen) atoms. The maximum absolute atomic E-state index is 12.9. The number of nitro benzene ring substituents is 1. The third kappa shape index (κ3) is 4.23. The van der Waals surface area contributed by atoms with E-state index in [1.807, 2.05) is 6.92 Å². The number of nitro groups is 1. The fourth-order valence-electron chi connectivity index (χ4n) is 1.39. The minimum absolute atomic E-state index is 0.0880. The Kier molecular flexibility index (Phi) is 5.33. The van der Waals surface area contributed by atoms with E-state index in [0.29, 0.717) is 19.2 Å². The van der Waals surface area contributed by atoms with Crippen molar-refractivity contribution in [1.29, 1.82) is 0 Å². The molecule has 0 aliphatic heterocycles. The summed E-state index contributed by atoms with van der Waals surface area (Å²) in [5.74, 6) is -0.863. The summed E-state index contributed by atoms with van der Waals surface area (Å²) in [6, 6.07) is 2.33. The van der Waals surface area contributed by atoms with Gasteiger partial charge in [0.05, 0.1) is 11.0 Å². The van der Waals surface area contributed by atoms with Gasteiger partial charge in [-0.25, -0.2) is 17.5 Å². The van der Waals surface area contributed by atoms with Crippen LogP contribution in [0.1, 0.15) is 6.92 Å². The van der Waals surface area contributed by atoms with Crippen LogP contribution < -0.4 is 10.0 Å². The summed E-state index contributed by atoms with van der Waals surface area (Å²) >= 11 is 0. The molecule has 0 aliphatic rings. The molecule has 0 saturated heterocycles. The zero-order valence-electron chi connectivity index (χ0n) is 10.2. The van der Waals surface area contributed by atoms with E-state index in [1.165, 1.54) is 0 Å². The number of benzene rings is 1. The highest BCUT2D eigenvalue weighted by Gasteiger charge is 2.25. The van der Waals surface area contributed by atoms with Crippen LogP contribution in [0.25, 0.3) is 0 Å². The van der Waals surface area contributed by atoms with Crippen LogP contribution in [0.2, 0.25) is 0 Å². The lowest BCUT2D eigenvalue weighted by molar-refractivity contribution is -0.388. The lowest BCUT2D eigenvalue weighted by atomic mass is 10.3. The van der Waals surface area contributed by atoms with Gasteiger partial charge in [0.2, 0.25) is 10.0 Å². The number of likely N-dealkylation sites (N-methyl/N-ethyl adjacent to an activating group) is 1. The molecule has 0 saturated carbocycles. The molecule has 0 bridgehead atoms. The smallest absolute Gasteiger partial charge is 0.292 e. The van der Waals surface area contributed by atoms with Crippen LogP contribution in [0, 0.1) is 15.9 Å². The van der Waals surface area contributed by atoms with Crippen molar-refractivity contribution in [2.24, 2.45) is 0 Å². The van der Waals surface area contributed by atoms with Crippen molar-refractivity contribution in [2.45, 2.75) is 11.8 Å². The number of rotatable bonds is 7. The standard InChI is InChI=1S/C10H14FN3O4S/c1-2-12-5-6-13-19(17,18)10-4-3-8(11)7-9(10)14(15)16/h3-4,7,12-13H,2,5-6H2,1H3. The maximum Gasteiger partial charge on any atom is 0.292 e. The average molecular weight is 291 g/mol. The van der Waals surface area contributed by atoms with Gasteiger partial charge in [0.1, 0.15) is 5.82 Å². The highest BCUT2D eigenvalue weighted by Crippen LogP contribution is 2.24. The van der Waals surface area contributed by atoms with Gasteiger partial charge in [-0.3, -0.25) is 10.1 Å². The first kappa shape index (κ1) is 15.5. The summed E-state index contributed by atoms with van der Waals surface area (Å²) in [7, 11) is -4.03. The summed E-state index contributed by atoms with van der Waals surface area (Å²) in [5.41, 5.74) is -0.782. The van der Waals surface area contributed by atoms with Gasteiger partial charge in [-0.05, 0) is 18.7 Å². The van der Waals surface area contributed by atoms with Gasteiger partial charge in [0, 0.05) is 13.1 Å². The highest BCUT2D eigenvalue weighted by atomic mass is 32.2. The summed E-state index contributed by atoms with van der Waals surface area (Å²) in [6.07, 6.45) is 0. The van der Waals surface area contributed by atoms with Crippen LogP contribution in [-0.2, 0) is 10.0 Å². The number of nitrogens with one attached hydrogen (secondary N) is 2. The van der Waals surface area contributed by atoms with E-state index < -0.39 is 31.3 Å². The lowest BCUT2D eigenvalue weighted by Crippen LogP contribution is -2.32. The van der Waals surface area contributed by atoms with E-state index in [2.05, 4.69) is 10.0 Å². The van der Waals surface area contributed by atoms with Crippen molar-refractivity contribution < 1.29 is 17.7 Å². The van der Waals surface area contributed by atoms with E-state index >= 15 is 0 Å². The Labute approximate surface area is 110 Å². The van der Waals surface area contributed by atoms with Crippen molar-refractivity contribution in [3.8, 4) is 0 Å². The Hall–Kier alpha value is -1.58. The third-order valence-corrected chi connectivity index (χ3v) is 3.76. The SMILES string of the molecule is CCNCCNS(=O)(=O)c1ccc(F)cc1[N+](=O)[O-]. The van der Waals surface area contributed by atoms with Crippen molar-refractivity contribution in [2.75, 3.05) is 19.6 Å². The number of sulfonamides is 1. The third-order valence-electron chi connectivity index (χ3n) is 2.25. The molecule has 1 rings (SSSR count). The lowest BCUT2D eigenvalue weighted by Gasteiger charge is -2.07. The first-order chi connectivity index (χ1) is 8.88. The van der Waals surface area contributed by atoms with E-state index in [1.54, 1.807) is 0 Å². The van der Waals surface area contributed by atoms with Crippen LogP contribution in [-0.4, -0.2) is 33.0 Å². The molecule has 0 radical (unpaired) electrons. The first-order valence-corrected chi connectivity index (χ1v) is 7.01. The van der Waals surface area contributed by atoms with Crippen LogP contribution >= 0.6 is 0 Å². The molecule has 2 N–H and O–H groups in total. The quantitative estimate of drug-likeness (QED) is 0.435. The molecule has 0 fully saturated rings. The minimum Gasteiger partial charge on any atom is -0.316 e. The van der Waals surface area contributed by atoms with Crippen LogP contribution in [0.5, 0.6) is 0 Å². The number of nitrogens with zero attached hydrogens (tertiary/aromatic N) is 1. The molecule has 7 nitrogen and oxygen atoms in total. The second-order valence-corrected chi connectivity index (χ2v) is 5.36. The van der Waals surface area contributed by atoms with Crippen LogP contribution in [0.4, 0.5) is 10.1 Å². The molecule has 0 amide bonds. The van der Waals surface area contributed by atoms with Crippen molar-refractivity contribution in [1.82, 2.24) is 10.0 Å². The molecule has 0 atom stereocenters. The molecule has 0 heterocycles. The zero-order valence-corrected chi connectivity index (χ0v) is 11.0. The number of hydrogen-bond acceptors (Lipinski definition) is 5. The fraction of sp³-hybridized carbons (Fsp3) is 0.400. The highest BCUT2D eigenvalue weighted by molar-refractivity contribution is 7.89. The molecule has 1 aromatic rings. The predicted molar refractivity (Wildman–Crippen MR) is 66.8 cm³/mol. The fourth-order valence-corrected chi connectivity index (χ4v) is 2.57. The van der Waals surface area contributed by atoms with E-state index in [9.17, 15) is 22.9 Å². The second kappa shape index (κ2) is 6.55. The Morgan fingerprint density at radius 1 is 1.37 bits per heavy atom. The van der Waals surface area contributed by atoms with Crippen LogP contribution in [0.15, 0.2) is 23.1 Å². The summed E-state index contributed by atoms with van der Waals surface area (Å²) in [6.45, 7) is 3.02. The van der Waals surface area contributed by atoms with Gasteiger partial charge in [-0.1, -0.05) is 6.92 Å². The molecule has 106 valence electrons. The minimum atomic E-state index is -4.03. The predicted octanol–water partition coefficient (Wildman–Crippen LogP) is 0.622. The van der Waals surface area contributed by atoms with E-state index in [0.717, 1.165) is 12.1 Å². The Balaban J connectivity index is 2.98. The molecule has 0 aliphatic carbocycles. The zero-order chi connectivity index (χ0) is 14.5. The summed E-state index contributed by atoms with van der Waals surface area (Å²) in [4.78, 5) is 9.26. The molecule has 0 spiro atoms. The van der Waals surface area contributed by atoms with E-state index in [4.69, 9.17) is 0 Å². The molecule has 0 aromatic heterocycles. The van der Waals surface area contributed by atoms with Gasteiger partial charge in [-0.15, -0.1) is 0 Å². The van der Waals surface area contributed by atoms with Gasteiger partial charge >= 0.3 is 0 Å². The average Bonchev–Trinajstić information content (AvgIpc) is 2.34. The molecule has 0 unspecified atom stereocenters.